The van der Waals surface area contributed by atoms with Crippen LogP contribution in [0.4, 0.5) is 5.82 Å². The zero-order valence-corrected chi connectivity index (χ0v) is 8.95. The first kappa shape index (κ1) is 9.21. The van der Waals surface area contributed by atoms with E-state index in [0.717, 1.165) is 16.0 Å². The zero-order valence-electron chi connectivity index (χ0n) is 7.37. The second-order valence-electron chi connectivity index (χ2n) is 2.79. The molecule has 0 saturated heterocycles. The summed E-state index contributed by atoms with van der Waals surface area (Å²) < 4.78 is 0.976. The molecule has 0 aliphatic carbocycles. The van der Waals surface area contributed by atoms with Crippen LogP contribution < -0.4 is 5.32 Å². The molecule has 0 spiro atoms. The first-order chi connectivity index (χ1) is 6.84. The predicted octanol–water partition coefficient (Wildman–Crippen LogP) is 2.18. The van der Waals surface area contributed by atoms with Crippen molar-refractivity contribution in [2.75, 3.05) is 5.32 Å². The summed E-state index contributed by atoms with van der Waals surface area (Å²) in [6, 6.07) is 3.86. The van der Waals surface area contributed by atoms with Gasteiger partial charge in [0.2, 0.25) is 0 Å². The Morgan fingerprint density at radius 1 is 1.36 bits per heavy atom. The molecule has 0 aliphatic rings. The Balaban J connectivity index is 1.95. The Labute approximate surface area is 89.9 Å². The van der Waals surface area contributed by atoms with E-state index in [1.54, 1.807) is 18.7 Å². The van der Waals surface area contributed by atoms with E-state index in [9.17, 15) is 0 Å². The Morgan fingerprint density at radius 3 is 2.93 bits per heavy atom. The molecule has 72 valence electrons. The summed E-state index contributed by atoms with van der Waals surface area (Å²) in [7, 11) is 0. The Hall–Kier alpha value is -1.36. The summed E-state index contributed by atoms with van der Waals surface area (Å²) >= 11 is 3.33. The molecule has 0 unspecified atom stereocenters. The van der Waals surface area contributed by atoms with Crippen molar-refractivity contribution in [1.82, 2.24) is 15.0 Å². The summed E-state index contributed by atoms with van der Waals surface area (Å²) in [5.74, 6) is 0.850. The van der Waals surface area contributed by atoms with Gasteiger partial charge in [0.05, 0.1) is 18.6 Å². The number of nitrogens with one attached hydrogen (secondary N) is 2. The fraction of sp³-hybridized carbons (Fsp3) is 0.111. The van der Waals surface area contributed by atoms with Crippen LogP contribution in [0.3, 0.4) is 0 Å². The molecule has 2 heterocycles. The number of nitrogens with zero attached hydrogens (tertiary/aromatic N) is 2. The molecule has 0 bridgehead atoms. The third-order valence-corrected chi connectivity index (χ3v) is 2.21. The fourth-order valence-corrected chi connectivity index (χ4v) is 1.28. The van der Waals surface area contributed by atoms with Crippen molar-refractivity contribution >= 4 is 21.7 Å². The standard InChI is InChI=1S/C9H9BrN4/c10-7-1-2-9(12-3-7)13-5-8-4-11-6-14-8/h1-4,6H,5H2,(H,11,14)(H,12,13). The molecule has 0 atom stereocenters. The normalized spacial score (nSPS) is 10.1. The van der Waals surface area contributed by atoms with E-state index in [0.29, 0.717) is 6.54 Å². The van der Waals surface area contributed by atoms with Gasteiger partial charge in [-0.1, -0.05) is 0 Å². The van der Waals surface area contributed by atoms with E-state index in [4.69, 9.17) is 0 Å². The molecule has 2 aromatic heterocycles. The van der Waals surface area contributed by atoms with Gasteiger partial charge >= 0.3 is 0 Å². The van der Waals surface area contributed by atoms with Gasteiger partial charge in [0.1, 0.15) is 5.82 Å². The highest BCUT2D eigenvalue weighted by atomic mass is 79.9. The predicted molar refractivity (Wildman–Crippen MR) is 57.9 cm³/mol. The van der Waals surface area contributed by atoms with E-state index in [-0.39, 0.29) is 0 Å². The van der Waals surface area contributed by atoms with Crippen LogP contribution in [0.2, 0.25) is 0 Å². The topological polar surface area (TPSA) is 53.6 Å². The summed E-state index contributed by atoms with van der Waals surface area (Å²) in [5.41, 5.74) is 1.04. The van der Waals surface area contributed by atoms with Crippen LogP contribution in [0, 0.1) is 0 Å². The van der Waals surface area contributed by atoms with E-state index in [2.05, 4.69) is 36.2 Å². The first-order valence-electron chi connectivity index (χ1n) is 4.17. The van der Waals surface area contributed by atoms with E-state index in [1.807, 2.05) is 12.1 Å². The minimum Gasteiger partial charge on any atom is -0.364 e. The molecule has 0 saturated carbocycles. The van der Waals surface area contributed by atoms with Gasteiger partial charge in [0, 0.05) is 16.9 Å². The lowest BCUT2D eigenvalue weighted by Crippen LogP contribution is -2.00. The van der Waals surface area contributed by atoms with Crippen molar-refractivity contribution in [3.8, 4) is 0 Å². The number of H-pyrrole nitrogens is 1. The summed E-state index contributed by atoms with van der Waals surface area (Å²) in [6.07, 6.45) is 5.20. The van der Waals surface area contributed by atoms with Crippen molar-refractivity contribution in [3.63, 3.8) is 0 Å². The van der Waals surface area contributed by atoms with Gasteiger partial charge in [-0.25, -0.2) is 9.97 Å². The summed E-state index contributed by atoms with van der Waals surface area (Å²) in [5, 5.41) is 3.17. The van der Waals surface area contributed by atoms with Crippen molar-refractivity contribution in [3.05, 3.63) is 41.0 Å². The first-order valence-corrected chi connectivity index (χ1v) is 4.96. The van der Waals surface area contributed by atoms with E-state index < -0.39 is 0 Å². The number of hydrogen-bond donors (Lipinski definition) is 2. The highest BCUT2D eigenvalue weighted by molar-refractivity contribution is 9.10. The van der Waals surface area contributed by atoms with Crippen molar-refractivity contribution in [2.45, 2.75) is 6.54 Å². The lowest BCUT2D eigenvalue weighted by molar-refractivity contribution is 1.05. The van der Waals surface area contributed by atoms with E-state index >= 15 is 0 Å². The lowest BCUT2D eigenvalue weighted by atomic mass is 10.4. The van der Waals surface area contributed by atoms with Crippen LogP contribution in [0.15, 0.2) is 35.3 Å². The molecule has 0 amide bonds. The van der Waals surface area contributed by atoms with Gasteiger partial charge in [-0.15, -0.1) is 0 Å². The number of hydrogen-bond acceptors (Lipinski definition) is 3. The Bertz CT molecular complexity index is 382. The van der Waals surface area contributed by atoms with Gasteiger partial charge < -0.3 is 10.3 Å². The number of pyridine rings is 1. The molecule has 4 nitrogen and oxygen atoms in total. The Morgan fingerprint density at radius 2 is 2.29 bits per heavy atom. The quantitative estimate of drug-likeness (QED) is 0.881. The number of aromatic amines is 1. The van der Waals surface area contributed by atoms with Gasteiger partial charge in [0.15, 0.2) is 0 Å². The minimum absolute atomic E-state index is 0.703. The number of halogens is 1. The average Bonchev–Trinajstić information content (AvgIpc) is 2.70. The zero-order chi connectivity index (χ0) is 9.80. The number of rotatable bonds is 3. The highest BCUT2D eigenvalue weighted by Crippen LogP contribution is 2.10. The SMILES string of the molecule is Brc1ccc(NCc2cnc[nH]2)nc1. The summed E-state index contributed by atoms with van der Waals surface area (Å²) in [6.45, 7) is 0.703. The molecular formula is C9H9BrN4. The maximum Gasteiger partial charge on any atom is 0.126 e. The van der Waals surface area contributed by atoms with Crippen LogP contribution in [-0.4, -0.2) is 15.0 Å². The van der Waals surface area contributed by atoms with E-state index in [1.165, 1.54) is 0 Å². The third-order valence-electron chi connectivity index (χ3n) is 1.74. The van der Waals surface area contributed by atoms with Crippen LogP contribution in [0.5, 0.6) is 0 Å². The maximum atomic E-state index is 4.19. The van der Waals surface area contributed by atoms with Gasteiger partial charge in [-0.3, -0.25) is 0 Å². The monoisotopic (exact) mass is 252 g/mol. The van der Waals surface area contributed by atoms with Crippen molar-refractivity contribution in [2.24, 2.45) is 0 Å². The molecule has 0 aromatic carbocycles. The third kappa shape index (κ3) is 2.32. The highest BCUT2D eigenvalue weighted by Gasteiger charge is 1.95. The molecule has 0 fully saturated rings. The van der Waals surface area contributed by atoms with Gasteiger partial charge in [0.25, 0.3) is 0 Å². The van der Waals surface area contributed by atoms with Gasteiger partial charge in [-0.2, -0.15) is 0 Å². The van der Waals surface area contributed by atoms with Crippen molar-refractivity contribution in [1.29, 1.82) is 0 Å². The number of imidazole rings is 1. The van der Waals surface area contributed by atoms with Gasteiger partial charge in [-0.05, 0) is 28.1 Å². The molecule has 5 heteroatoms. The largest absolute Gasteiger partial charge is 0.364 e. The van der Waals surface area contributed by atoms with Crippen LogP contribution >= 0.6 is 15.9 Å². The average molecular weight is 253 g/mol. The second-order valence-corrected chi connectivity index (χ2v) is 3.71. The smallest absolute Gasteiger partial charge is 0.126 e. The molecule has 2 N–H and O–H groups in total. The van der Waals surface area contributed by atoms with Crippen LogP contribution in [0.25, 0.3) is 0 Å². The lowest BCUT2D eigenvalue weighted by Gasteiger charge is -2.02. The summed E-state index contributed by atoms with van der Waals surface area (Å²) in [4.78, 5) is 11.1. The van der Waals surface area contributed by atoms with Crippen LogP contribution in [0.1, 0.15) is 5.69 Å². The van der Waals surface area contributed by atoms with Crippen LogP contribution in [-0.2, 0) is 6.54 Å². The van der Waals surface area contributed by atoms with Crippen molar-refractivity contribution < 1.29 is 0 Å². The molecule has 2 aromatic rings. The number of aromatic nitrogens is 3. The fourth-order valence-electron chi connectivity index (χ4n) is 1.05. The Kier molecular flexibility index (Phi) is 2.78. The number of anilines is 1. The molecule has 14 heavy (non-hydrogen) atoms. The molecular weight excluding hydrogens is 244 g/mol. The maximum absolute atomic E-state index is 4.19. The molecule has 2 rings (SSSR count). The minimum atomic E-state index is 0.703. The molecule has 0 aliphatic heterocycles. The molecule has 0 radical (unpaired) electrons. The second kappa shape index (κ2) is 4.23.